The monoisotopic (exact) mass is 577 g/mol. The molecule has 0 atom stereocenters. The number of nitrogens with one attached hydrogen (secondary N) is 1. The fraction of sp³-hybridized carbons (Fsp3) is 0.0385. The number of benzene rings is 4. The summed E-state index contributed by atoms with van der Waals surface area (Å²) in [6, 6.07) is 23.6. The molecular formula is C26H17Br2N3O3. The number of nitriles is 1. The first kappa shape index (κ1) is 23.5. The van der Waals surface area contributed by atoms with E-state index in [0.29, 0.717) is 25.8 Å². The molecule has 2 N–H and O–H groups in total. The number of carbonyl (C=O) groups excluding carboxylic acids is 1. The summed E-state index contributed by atoms with van der Waals surface area (Å²) >= 11 is 6.99. The van der Waals surface area contributed by atoms with Gasteiger partial charge >= 0.3 is 0 Å². The summed E-state index contributed by atoms with van der Waals surface area (Å²) in [5.74, 6) is -0.0554. The number of aromatic hydroxyl groups is 1. The number of halogens is 2. The lowest BCUT2D eigenvalue weighted by atomic mass is 10.1. The number of amides is 1. The average Bonchev–Trinajstić information content (AvgIpc) is 2.83. The zero-order valence-electron chi connectivity index (χ0n) is 17.6. The molecule has 0 saturated heterocycles. The van der Waals surface area contributed by atoms with Crippen LogP contribution in [0.15, 0.2) is 86.8 Å². The highest BCUT2D eigenvalue weighted by Crippen LogP contribution is 2.35. The molecule has 4 rings (SSSR count). The Morgan fingerprint density at radius 1 is 1.03 bits per heavy atom. The van der Waals surface area contributed by atoms with E-state index in [2.05, 4.69) is 48.5 Å². The Morgan fingerprint density at radius 2 is 1.68 bits per heavy atom. The van der Waals surface area contributed by atoms with Gasteiger partial charge in [0.25, 0.3) is 5.91 Å². The molecule has 0 spiro atoms. The molecule has 0 aromatic heterocycles. The standard InChI is InChI=1S/C26H17Br2N3O3/c27-22-9-16(10-23(28)25(22)34-15-20-8-4-3-7-19(20)13-29)14-30-31-26(33)21-11-17-5-1-2-6-18(17)12-24(21)32/h1-12,14,32H,15H2,(H,31,33). The van der Waals surface area contributed by atoms with Gasteiger partial charge in [0.15, 0.2) is 0 Å². The smallest absolute Gasteiger partial charge is 0.275 e. The highest BCUT2D eigenvalue weighted by Gasteiger charge is 2.13. The largest absolute Gasteiger partial charge is 0.507 e. The lowest BCUT2D eigenvalue weighted by Gasteiger charge is -2.12. The number of ether oxygens (including phenoxy) is 1. The van der Waals surface area contributed by atoms with Crippen LogP contribution >= 0.6 is 31.9 Å². The normalized spacial score (nSPS) is 10.9. The number of nitrogens with zero attached hydrogens (tertiary/aromatic N) is 2. The maximum Gasteiger partial charge on any atom is 0.275 e. The highest BCUT2D eigenvalue weighted by molar-refractivity contribution is 9.11. The van der Waals surface area contributed by atoms with Crippen molar-refractivity contribution in [3.05, 3.63) is 104 Å². The van der Waals surface area contributed by atoms with Gasteiger partial charge in [-0.1, -0.05) is 42.5 Å². The van der Waals surface area contributed by atoms with Crippen LogP contribution in [0.5, 0.6) is 11.5 Å². The number of hydrazone groups is 1. The zero-order chi connectivity index (χ0) is 24.1. The van der Waals surface area contributed by atoms with Crippen LogP contribution in [0.4, 0.5) is 0 Å². The lowest BCUT2D eigenvalue weighted by molar-refractivity contribution is 0.0952. The van der Waals surface area contributed by atoms with Crippen LogP contribution in [0.2, 0.25) is 0 Å². The first-order valence-electron chi connectivity index (χ1n) is 10.1. The lowest BCUT2D eigenvalue weighted by Crippen LogP contribution is -2.17. The van der Waals surface area contributed by atoms with Crippen molar-refractivity contribution in [2.45, 2.75) is 6.61 Å². The summed E-state index contributed by atoms with van der Waals surface area (Å²) in [5.41, 5.74) is 4.63. The molecule has 0 aliphatic heterocycles. The zero-order valence-corrected chi connectivity index (χ0v) is 20.8. The van der Waals surface area contributed by atoms with Gasteiger partial charge in [0.05, 0.1) is 32.4 Å². The predicted molar refractivity (Wildman–Crippen MR) is 138 cm³/mol. The second-order valence-electron chi connectivity index (χ2n) is 7.29. The molecule has 0 radical (unpaired) electrons. The predicted octanol–water partition coefficient (Wildman–Crippen LogP) is 6.28. The summed E-state index contributed by atoms with van der Waals surface area (Å²) in [6.07, 6.45) is 1.49. The van der Waals surface area contributed by atoms with E-state index in [9.17, 15) is 15.2 Å². The first-order valence-corrected chi connectivity index (χ1v) is 11.7. The minimum atomic E-state index is -0.520. The Morgan fingerprint density at radius 3 is 2.38 bits per heavy atom. The van der Waals surface area contributed by atoms with E-state index in [-0.39, 0.29) is 17.9 Å². The number of phenolic OH excluding ortho intramolecular Hbond substituents is 1. The molecule has 0 heterocycles. The van der Waals surface area contributed by atoms with E-state index >= 15 is 0 Å². The van der Waals surface area contributed by atoms with Gasteiger partial charge in [-0.3, -0.25) is 4.79 Å². The number of phenols is 1. The fourth-order valence-electron chi connectivity index (χ4n) is 3.33. The molecule has 4 aromatic carbocycles. The Labute approximate surface area is 212 Å². The van der Waals surface area contributed by atoms with Gasteiger partial charge in [-0.05, 0) is 78.5 Å². The van der Waals surface area contributed by atoms with Crippen molar-refractivity contribution in [3.8, 4) is 17.6 Å². The van der Waals surface area contributed by atoms with Crippen molar-refractivity contribution >= 4 is 54.8 Å². The molecule has 1 amide bonds. The van der Waals surface area contributed by atoms with Gasteiger partial charge in [0, 0.05) is 5.56 Å². The fourth-order valence-corrected chi connectivity index (χ4v) is 4.78. The Bertz CT molecular complexity index is 1440. The van der Waals surface area contributed by atoms with Gasteiger partial charge in [0.1, 0.15) is 18.1 Å². The van der Waals surface area contributed by atoms with Crippen LogP contribution in [0.1, 0.15) is 27.0 Å². The minimum absolute atomic E-state index is 0.114. The molecule has 34 heavy (non-hydrogen) atoms. The Balaban J connectivity index is 1.45. The van der Waals surface area contributed by atoms with Crippen molar-refractivity contribution < 1.29 is 14.6 Å². The number of carbonyl (C=O) groups is 1. The van der Waals surface area contributed by atoms with Crippen LogP contribution < -0.4 is 10.2 Å². The maximum absolute atomic E-state index is 12.5. The SMILES string of the molecule is N#Cc1ccccc1COc1c(Br)cc(C=NNC(=O)c2cc3ccccc3cc2O)cc1Br. The number of rotatable bonds is 6. The van der Waals surface area contributed by atoms with Crippen LogP contribution in [-0.2, 0) is 6.61 Å². The third kappa shape index (κ3) is 5.28. The summed E-state index contributed by atoms with van der Waals surface area (Å²) in [5, 5.41) is 25.1. The van der Waals surface area contributed by atoms with Crippen molar-refractivity contribution in [1.82, 2.24) is 5.43 Å². The molecule has 0 unspecified atom stereocenters. The molecule has 6 nitrogen and oxygen atoms in total. The van der Waals surface area contributed by atoms with Gasteiger partial charge < -0.3 is 9.84 Å². The van der Waals surface area contributed by atoms with Crippen molar-refractivity contribution in [2.24, 2.45) is 5.10 Å². The molecule has 0 fully saturated rings. The summed E-state index contributed by atoms with van der Waals surface area (Å²) in [7, 11) is 0. The molecule has 4 aromatic rings. The van der Waals surface area contributed by atoms with E-state index < -0.39 is 5.91 Å². The Kier molecular flexibility index (Phi) is 7.26. The summed E-state index contributed by atoms with van der Waals surface area (Å²) in [6.45, 7) is 0.236. The van der Waals surface area contributed by atoms with Crippen molar-refractivity contribution in [2.75, 3.05) is 0 Å². The van der Waals surface area contributed by atoms with Crippen LogP contribution in [-0.4, -0.2) is 17.2 Å². The molecule has 0 bridgehead atoms. The third-order valence-corrected chi connectivity index (χ3v) is 6.20. The third-order valence-electron chi connectivity index (χ3n) is 5.02. The molecular weight excluding hydrogens is 562 g/mol. The quantitative estimate of drug-likeness (QED) is 0.208. The summed E-state index contributed by atoms with van der Waals surface area (Å²) in [4.78, 5) is 12.5. The van der Waals surface area contributed by atoms with E-state index in [4.69, 9.17) is 4.74 Å². The van der Waals surface area contributed by atoms with Gasteiger partial charge in [-0.2, -0.15) is 10.4 Å². The molecule has 168 valence electrons. The van der Waals surface area contributed by atoms with E-state index in [1.165, 1.54) is 6.21 Å². The first-order chi connectivity index (χ1) is 16.5. The molecule has 0 aliphatic rings. The summed E-state index contributed by atoms with van der Waals surface area (Å²) < 4.78 is 7.27. The van der Waals surface area contributed by atoms with E-state index in [1.54, 1.807) is 30.3 Å². The van der Waals surface area contributed by atoms with Gasteiger partial charge in [0.2, 0.25) is 0 Å². The highest BCUT2D eigenvalue weighted by atomic mass is 79.9. The van der Waals surface area contributed by atoms with Crippen molar-refractivity contribution in [3.63, 3.8) is 0 Å². The number of fused-ring (bicyclic) bond motifs is 1. The Hall–Kier alpha value is -3.67. The minimum Gasteiger partial charge on any atom is -0.507 e. The second-order valence-corrected chi connectivity index (χ2v) is 9.00. The van der Waals surface area contributed by atoms with Crippen LogP contribution in [0.3, 0.4) is 0 Å². The van der Waals surface area contributed by atoms with Crippen molar-refractivity contribution in [1.29, 1.82) is 5.26 Å². The molecule has 8 heteroatoms. The van der Waals surface area contributed by atoms with Gasteiger partial charge in [-0.25, -0.2) is 5.43 Å². The second kappa shape index (κ2) is 10.5. The number of hydrogen-bond donors (Lipinski definition) is 2. The maximum atomic E-state index is 12.5. The van der Waals surface area contributed by atoms with Crippen LogP contribution in [0.25, 0.3) is 10.8 Å². The van der Waals surface area contributed by atoms with Crippen LogP contribution in [0, 0.1) is 11.3 Å². The topological polar surface area (TPSA) is 94.7 Å². The molecule has 0 saturated carbocycles. The molecule has 0 aliphatic carbocycles. The number of hydrogen-bond acceptors (Lipinski definition) is 5. The average molecular weight is 579 g/mol. The van der Waals surface area contributed by atoms with E-state index in [1.807, 2.05) is 42.5 Å². The van der Waals surface area contributed by atoms with E-state index in [0.717, 1.165) is 16.3 Å². The van der Waals surface area contributed by atoms with Gasteiger partial charge in [-0.15, -0.1) is 0 Å².